The van der Waals surface area contributed by atoms with E-state index in [2.05, 4.69) is 0 Å². The number of amides is 1. The molecule has 1 atom stereocenters. The molecule has 0 aliphatic heterocycles. The van der Waals surface area contributed by atoms with Crippen molar-refractivity contribution in [3.05, 3.63) is 29.8 Å². The third-order valence-corrected chi connectivity index (χ3v) is 2.64. The van der Waals surface area contributed by atoms with Crippen LogP contribution in [-0.2, 0) is 0 Å². The average Bonchev–Trinajstić information content (AvgIpc) is 2.27. The lowest BCUT2D eigenvalue weighted by Crippen LogP contribution is -2.31. The van der Waals surface area contributed by atoms with Crippen molar-refractivity contribution < 1.29 is 4.79 Å². The van der Waals surface area contributed by atoms with Gasteiger partial charge in [-0.2, -0.15) is 0 Å². The predicted molar refractivity (Wildman–Crippen MR) is 73.0 cm³/mol. The third kappa shape index (κ3) is 3.93. The molecule has 0 heterocycles. The first kappa shape index (κ1) is 13.8. The molecule has 0 aliphatic rings. The van der Waals surface area contributed by atoms with Gasteiger partial charge >= 0.3 is 0 Å². The molecule has 0 N–H and O–H groups in total. The van der Waals surface area contributed by atoms with E-state index >= 15 is 0 Å². The summed E-state index contributed by atoms with van der Waals surface area (Å²) in [5.74, 6) is 0.00260. The second-order valence-electron chi connectivity index (χ2n) is 4.41. The van der Waals surface area contributed by atoms with Crippen molar-refractivity contribution in [2.24, 2.45) is 0 Å². The van der Waals surface area contributed by atoms with Crippen LogP contribution in [0.25, 0.3) is 0 Å². The number of carbonyl (C=O) groups excluding carboxylic acids is 1. The number of rotatable bonds is 4. The van der Waals surface area contributed by atoms with Gasteiger partial charge in [-0.1, -0.05) is 0 Å². The Kier molecular flexibility index (Phi) is 4.82. The normalized spacial score (nSPS) is 12.1. The summed E-state index contributed by atoms with van der Waals surface area (Å²) >= 11 is 5.87. The van der Waals surface area contributed by atoms with Gasteiger partial charge in [-0.3, -0.25) is 4.79 Å². The minimum absolute atomic E-state index is 0.00260. The van der Waals surface area contributed by atoms with Gasteiger partial charge < -0.3 is 9.80 Å². The van der Waals surface area contributed by atoms with Crippen LogP contribution in [0.2, 0.25) is 0 Å². The van der Waals surface area contributed by atoms with E-state index in [-0.39, 0.29) is 11.3 Å². The Hall–Kier alpha value is -1.22. The lowest BCUT2D eigenvalue weighted by molar-refractivity contribution is 0.0796. The standard InChI is InChI=1S/C13H19ClN2O/c1-10(14)9-16(4)13(17)11-5-7-12(8-6-11)15(2)3/h5-8,10H,9H2,1-4H3. The monoisotopic (exact) mass is 254 g/mol. The highest BCUT2D eigenvalue weighted by Gasteiger charge is 2.13. The number of benzene rings is 1. The second-order valence-corrected chi connectivity index (χ2v) is 5.15. The van der Waals surface area contributed by atoms with Crippen LogP contribution >= 0.6 is 11.6 Å². The number of alkyl halides is 1. The lowest BCUT2D eigenvalue weighted by atomic mass is 10.1. The van der Waals surface area contributed by atoms with Crippen molar-refractivity contribution in [2.75, 3.05) is 32.6 Å². The summed E-state index contributed by atoms with van der Waals surface area (Å²) in [6, 6.07) is 7.55. The molecule has 0 aliphatic carbocycles. The molecule has 1 amide bonds. The number of carbonyl (C=O) groups is 1. The summed E-state index contributed by atoms with van der Waals surface area (Å²) in [6.45, 7) is 2.43. The molecule has 4 heteroatoms. The average molecular weight is 255 g/mol. The molecule has 1 aromatic rings. The van der Waals surface area contributed by atoms with Crippen LogP contribution in [-0.4, -0.2) is 43.9 Å². The molecule has 0 fully saturated rings. The van der Waals surface area contributed by atoms with E-state index < -0.39 is 0 Å². The smallest absolute Gasteiger partial charge is 0.253 e. The quantitative estimate of drug-likeness (QED) is 0.771. The first-order chi connectivity index (χ1) is 7.91. The van der Waals surface area contributed by atoms with Crippen molar-refractivity contribution in [1.82, 2.24) is 4.90 Å². The molecule has 1 unspecified atom stereocenters. The Balaban J connectivity index is 2.76. The van der Waals surface area contributed by atoms with E-state index in [4.69, 9.17) is 11.6 Å². The van der Waals surface area contributed by atoms with Gasteiger partial charge in [-0.15, -0.1) is 11.6 Å². The van der Waals surface area contributed by atoms with Gasteiger partial charge in [-0.05, 0) is 31.2 Å². The second kappa shape index (κ2) is 5.92. The summed E-state index contributed by atoms with van der Waals surface area (Å²) in [7, 11) is 5.71. The van der Waals surface area contributed by atoms with Crippen LogP contribution in [0.1, 0.15) is 17.3 Å². The van der Waals surface area contributed by atoms with E-state index in [1.54, 1.807) is 11.9 Å². The van der Waals surface area contributed by atoms with E-state index in [9.17, 15) is 4.79 Å². The first-order valence-electron chi connectivity index (χ1n) is 5.58. The van der Waals surface area contributed by atoms with E-state index in [1.165, 1.54) is 0 Å². The van der Waals surface area contributed by atoms with Crippen LogP contribution in [0.15, 0.2) is 24.3 Å². The van der Waals surface area contributed by atoms with Crippen molar-refractivity contribution in [2.45, 2.75) is 12.3 Å². The Labute approximate surface area is 108 Å². The number of nitrogens with zero attached hydrogens (tertiary/aromatic N) is 2. The number of hydrogen-bond acceptors (Lipinski definition) is 2. The van der Waals surface area contributed by atoms with Gasteiger partial charge in [0.25, 0.3) is 5.91 Å². The Morgan fingerprint density at radius 1 is 1.24 bits per heavy atom. The molecule has 94 valence electrons. The molecule has 1 aromatic carbocycles. The van der Waals surface area contributed by atoms with Crippen molar-refractivity contribution in [3.8, 4) is 0 Å². The molecule has 0 spiro atoms. The maximum Gasteiger partial charge on any atom is 0.253 e. The number of anilines is 1. The highest BCUT2D eigenvalue weighted by Crippen LogP contribution is 2.13. The largest absolute Gasteiger partial charge is 0.378 e. The Morgan fingerprint density at radius 2 is 1.76 bits per heavy atom. The predicted octanol–water partition coefficient (Wildman–Crippen LogP) is 2.45. The molecule has 0 bridgehead atoms. The Bertz CT molecular complexity index is 374. The fourth-order valence-corrected chi connectivity index (χ4v) is 1.79. The van der Waals surface area contributed by atoms with Gasteiger partial charge in [0.2, 0.25) is 0 Å². The molecule has 0 saturated heterocycles. The molecular formula is C13H19ClN2O. The zero-order valence-electron chi connectivity index (χ0n) is 10.8. The highest BCUT2D eigenvalue weighted by atomic mass is 35.5. The fourth-order valence-electron chi connectivity index (χ4n) is 1.58. The zero-order chi connectivity index (χ0) is 13.0. The topological polar surface area (TPSA) is 23.6 Å². The van der Waals surface area contributed by atoms with Crippen LogP contribution in [0.4, 0.5) is 5.69 Å². The summed E-state index contributed by atoms with van der Waals surface area (Å²) < 4.78 is 0. The van der Waals surface area contributed by atoms with Crippen molar-refractivity contribution in [1.29, 1.82) is 0 Å². The Morgan fingerprint density at radius 3 is 2.18 bits per heavy atom. The van der Waals surface area contributed by atoms with E-state index in [1.807, 2.05) is 50.2 Å². The van der Waals surface area contributed by atoms with Gasteiger partial charge in [0, 0.05) is 44.3 Å². The van der Waals surface area contributed by atoms with Crippen LogP contribution < -0.4 is 4.90 Å². The zero-order valence-corrected chi connectivity index (χ0v) is 11.5. The maximum absolute atomic E-state index is 12.0. The van der Waals surface area contributed by atoms with Crippen LogP contribution in [0, 0.1) is 0 Å². The van der Waals surface area contributed by atoms with Crippen molar-refractivity contribution >= 4 is 23.2 Å². The van der Waals surface area contributed by atoms with Gasteiger partial charge in [0.15, 0.2) is 0 Å². The van der Waals surface area contributed by atoms with Crippen LogP contribution in [0.3, 0.4) is 0 Å². The molecule has 17 heavy (non-hydrogen) atoms. The minimum atomic E-state index is -0.0370. The molecule has 0 radical (unpaired) electrons. The van der Waals surface area contributed by atoms with Crippen molar-refractivity contribution in [3.63, 3.8) is 0 Å². The first-order valence-corrected chi connectivity index (χ1v) is 6.02. The van der Waals surface area contributed by atoms with Gasteiger partial charge in [0.05, 0.1) is 0 Å². The molecule has 3 nitrogen and oxygen atoms in total. The minimum Gasteiger partial charge on any atom is -0.378 e. The van der Waals surface area contributed by atoms with Gasteiger partial charge in [0.1, 0.15) is 0 Å². The highest BCUT2D eigenvalue weighted by molar-refractivity contribution is 6.20. The molecule has 1 rings (SSSR count). The number of halogens is 1. The molecular weight excluding hydrogens is 236 g/mol. The summed E-state index contributed by atoms with van der Waals surface area (Å²) in [5.41, 5.74) is 1.77. The number of hydrogen-bond donors (Lipinski definition) is 0. The third-order valence-electron chi connectivity index (χ3n) is 2.50. The fraction of sp³-hybridized carbons (Fsp3) is 0.462. The van der Waals surface area contributed by atoms with E-state index in [0.29, 0.717) is 12.1 Å². The van der Waals surface area contributed by atoms with Crippen LogP contribution in [0.5, 0.6) is 0 Å². The summed E-state index contributed by atoms with van der Waals surface area (Å²) in [6.07, 6.45) is 0. The molecule has 0 saturated carbocycles. The SMILES string of the molecule is CC(Cl)CN(C)C(=O)c1ccc(N(C)C)cc1. The maximum atomic E-state index is 12.0. The van der Waals surface area contributed by atoms with E-state index in [0.717, 1.165) is 5.69 Å². The van der Waals surface area contributed by atoms with Gasteiger partial charge in [-0.25, -0.2) is 0 Å². The molecule has 0 aromatic heterocycles. The lowest BCUT2D eigenvalue weighted by Gasteiger charge is -2.19. The summed E-state index contributed by atoms with van der Waals surface area (Å²) in [4.78, 5) is 15.7. The summed E-state index contributed by atoms with van der Waals surface area (Å²) in [5, 5.41) is -0.0370.